The van der Waals surface area contributed by atoms with Crippen LogP contribution < -0.4 is 0 Å². The SMILES string of the molecule is CCCS(=O)(=O)N1CCN(C(=O)c2ccc(C)c(C)c2)CC1. The van der Waals surface area contributed by atoms with E-state index in [1.807, 2.05) is 39.0 Å². The quantitative estimate of drug-likeness (QED) is 0.848. The highest BCUT2D eigenvalue weighted by Crippen LogP contribution is 2.15. The largest absolute Gasteiger partial charge is 0.336 e. The minimum Gasteiger partial charge on any atom is -0.336 e. The van der Waals surface area contributed by atoms with Gasteiger partial charge < -0.3 is 4.90 Å². The van der Waals surface area contributed by atoms with Gasteiger partial charge in [-0.25, -0.2) is 8.42 Å². The summed E-state index contributed by atoms with van der Waals surface area (Å²) in [6.07, 6.45) is 0.615. The highest BCUT2D eigenvalue weighted by Gasteiger charge is 2.28. The maximum Gasteiger partial charge on any atom is 0.253 e. The van der Waals surface area contributed by atoms with Gasteiger partial charge in [-0.05, 0) is 43.5 Å². The lowest BCUT2D eigenvalue weighted by Gasteiger charge is -2.34. The minimum absolute atomic E-state index is 0.0179. The third kappa shape index (κ3) is 3.67. The van der Waals surface area contributed by atoms with Crippen LogP contribution in [0.5, 0.6) is 0 Å². The monoisotopic (exact) mass is 324 g/mol. The van der Waals surface area contributed by atoms with E-state index in [1.54, 1.807) is 4.90 Å². The molecule has 0 aliphatic carbocycles. The maximum atomic E-state index is 12.5. The number of carbonyl (C=O) groups excluding carboxylic acids is 1. The summed E-state index contributed by atoms with van der Waals surface area (Å²) in [7, 11) is -3.16. The Morgan fingerprint density at radius 1 is 1.09 bits per heavy atom. The summed E-state index contributed by atoms with van der Waals surface area (Å²) in [6, 6.07) is 5.69. The van der Waals surface area contributed by atoms with Crippen molar-refractivity contribution in [2.75, 3.05) is 31.9 Å². The van der Waals surface area contributed by atoms with Crippen LogP contribution in [0.25, 0.3) is 0 Å². The Morgan fingerprint density at radius 3 is 2.27 bits per heavy atom. The molecule has 122 valence electrons. The van der Waals surface area contributed by atoms with E-state index in [-0.39, 0.29) is 11.7 Å². The van der Waals surface area contributed by atoms with Gasteiger partial charge in [0.25, 0.3) is 5.91 Å². The van der Waals surface area contributed by atoms with Gasteiger partial charge in [-0.2, -0.15) is 4.31 Å². The Labute approximate surface area is 133 Å². The van der Waals surface area contributed by atoms with E-state index >= 15 is 0 Å². The molecule has 0 saturated carbocycles. The van der Waals surface area contributed by atoms with Gasteiger partial charge >= 0.3 is 0 Å². The fourth-order valence-corrected chi connectivity index (χ4v) is 4.11. The molecule has 6 heteroatoms. The lowest BCUT2D eigenvalue weighted by atomic mass is 10.1. The number of hydrogen-bond donors (Lipinski definition) is 0. The van der Waals surface area contributed by atoms with Crippen LogP contribution in [0.3, 0.4) is 0 Å². The number of benzene rings is 1. The Kier molecular flexibility index (Phi) is 5.24. The lowest BCUT2D eigenvalue weighted by molar-refractivity contribution is 0.0698. The van der Waals surface area contributed by atoms with Crippen molar-refractivity contribution in [2.45, 2.75) is 27.2 Å². The fraction of sp³-hybridized carbons (Fsp3) is 0.562. The smallest absolute Gasteiger partial charge is 0.253 e. The van der Waals surface area contributed by atoms with Crippen molar-refractivity contribution >= 4 is 15.9 Å². The number of hydrogen-bond acceptors (Lipinski definition) is 3. The molecule has 0 atom stereocenters. The number of aryl methyl sites for hydroxylation is 2. The van der Waals surface area contributed by atoms with Crippen LogP contribution >= 0.6 is 0 Å². The highest BCUT2D eigenvalue weighted by atomic mass is 32.2. The molecule has 1 saturated heterocycles. The number of amides is 1. The van der Waals surface area contributed by atoms with Gasteiger partial charge in [0.2, 0.25) is 10.0 Å². The zero-order valence-corrected chi connectivity index (χ0v) is 14.3. The first-order chi connectivity index (χ1) is 10.3. The van der Waals surface area contributed by atoms with Gasteiger partial charge in [-0.15, -0.1) is 0 Å². The molecule has 1 aliphatic heterocycles. The highest BCUT2D eigenvalue weighted by molar-refractivity contribution is 7.89. The number of rotatable bonds is 4. The van der Waals surface area contributed by atoms with Gasteiger partial charge in [0.1, 0.15) is 0 Å². The Hall–Kier alpha value is -1.40. The van der Waals surface area contributed by atoms with Gasteiger partial charge in [0.05, 0.1) is 5.75 Å². The molecule has 0 N–H and O–H groups in total. The summed E-state index contributed by atoms with van der Waals surface area (Å²) in [5.74, 6) is 0.161. The first kappa shape index (κ1) is 17.0. The molecule has 1 fully saturated rings. The average Bonchev–Trinajstić information content (AvgIpc) is 2.49. The van der Waals surface area contributed by atoms with E-state index in [1.165, 1.54) is 4.31 Å². The molecule has 1 aromatic carbocycles. The normalized spacial score (nSPS) is 16.8. The van der Waals surface area contributed by atoms with E-state index in [2.05, 4.69) is 0 Å². The summed E-state index contributed by atoms with van der Waals surface area (Å²) in [4.78, 5) is 14.2. The molecule has 0 unspecified atom stereocenters. The summed E-state index contributed by atoms with van der Waals surface area (Å²) in [5.41, 5.74) is 2.93. The Bertz CT molecular complexity index is 647. The third-order valence-corrected chi connectivity index (χ3v) is 6.21. The minimum atomic E-state index is -3.16. The van der Waals surface area contributed by atoms with Crippen molar-refractivity contribution in [2.24, 2.45) is 0 Å². The van der Waals surface area contributed by atoms with E-state index in [4.69, 9.17) is 0 Å². The van der Waals surface area contributed by atoms with Crippen LogP contribution in [0.15, 0.2) is 18.2 Å². The van der Waals surface area contributed by atoms with E-state index in [0.717, 1.165) is 11.1 Å². The summed E-state index contributed by atoms with van der Waals surface area (Å²) >= 11 is 0. The van der Waals surface area contributed by atoms with E-state index < -0.39 is 10.0 Å². The molecule has 0 bridgehead atoms. The zero-order valence-electron chi connectivity index (χ0n) is 13.5. The predicted octanol–water partition coefficient (Wildman–Crippen LogP) is 1.80. The molecule has 1 aliphatic rings. The molecular formula is C16H24N2O3S. The van der Waals surface area contributed by atoms with Crippen molar-refractivity contribution in [1.82, 2.24) is 9.21 Å². The number of sulfonamides is 1. The number of carbonyl (C=O) groups is 1. The summed E-state index contributed by atoms with van der Waals surface area (Å²) in [5, 5.41) is 0. The average molecular weight is 324 g/mol. The van der Waals surface area contributed by atoms with Crippen molar-refractivity contribution in [1.29, 1.82) is 0 Å². The molecule has 0 spiro atoms. The van der Waals surface area contributed by atoms with Crippen LogP contribution in [-0.4, -0.2) is 55.5 Å². The Morgan fingerprint density at radius 2 is 1.73 bits per heavy atom. The molecule has 2 rings (SSSR count). The molecule has 1 amide bonds. The second kappa shape index (κ2) is 6.79. The molecule has 5 nitrogen and oxygen atoms in total. The van der Waals surface area contributed by atoms with Gasteiger partial charge in [0, 0.05) is 31.7 Å². The standard InChI is InChI=1S/C16H24N2O3S/c1-4-11-22(20,21)18-9-7-17(8-10-18)16(19)15-6-5-13(2)14(3)12-15/h5-6,12H,4,7-11H2,1-3H3. The molecular weight excluding hydrogens is 300 g/mol. The molecule has 0 radical (unpaired) electrons. The summed E-state index contributed by atoms with van der Waals surface area (Å²) < 4.78 is 25.6. The molecule has 1 heterocycles. The number of nitrogens with zero attached hydrogens (tertiary/aromatic N) is 2. The molecule has 1 aromatic rings. The first-order valence-corrected chi connectivity index (χ1v) is 9.30. The van der Waals surface area contributed by atoms with Gasteiger partial charge in [0.15, 0.2) is 0 Å². The maximum absolute atomic E-state index is 12.5. The van der Waals surface area contributed by atoms with Crippen molar-refractivity contribution in [3.05, 3.63) is 34.9 Å². The van der Waals surface area contributed by atoms with Gasteiger partial charge in [-0.1, -0.05) is 13.0 Å². The second-order valence-electron chi connectivity index (χ2n) is 5.81. The first-order valence-electron chi connectivity index (χ1n) is 7.69. The van der Waals surface area contributed by atoms with E-state index in [0.29, 0.717) is 38.2 Å². The van der Waals surface area contributed by atoms with Crippen LogP contribution in [-0.2, 0) is 10.0 Å². The van der Waals surface area contributed by atoms with Crippen LogP contribution in [0, 0.1) is 13.8 Å². The zero-order chi connectivity index (χ0) is 16.3. The van der Waals surface area contributed by atoms with E-state index in [9.17, 15) is 13.2 Å². The second-order valence-corrected chi connectivity index (χ2v) is 7.89. The summed E-state index contributed by atoms with van der Waals surface area (Å²) in [6.45, 7) is 7.54. The van der Waals surface area contributed by atoms with Gasteiger partial charge in [-0.3, -0.25) is 4.79 Å². The van der Waals surface area contributed by atoms with Crippen LogP contribution in [0.4, 0.5) is 0 Å². The predicted molar refractivity (Wildman–Crippen MR) is 87.5 cm³/mol. The fourth-order valence-electron chi connectivity index (χ4n) is 2.61. The molecule has 22 heavy (non-hydrogen) atoms. The van der Waals surface area contributed by atoms with Crippen molar-refractivity contribution in [3.8, 4) is 0 Å². The third-order valence-electron chi connectivity index (χ3n) is 4.14. The molecule has 0 aromatic heterocycles. The number of piperazine rings is 1. The van der Waals surface area contributed by atoms with Crippen molar-refractivity contribution in [3.63, 3.8) is 0 Å². The van der Waals surface area contributed by atoms with Crippen molar-refractivity contribution < 1.29 is 13.2 Å². The lowest BCUT2D eigenvalue weighted by Crippen LogP contribution is -2.51. The van der Waals surface area contributed by atoms with Crippen LogP contribution in [0.1, 0.15) is 34.8 Å². The Balaban J connectivity index is 2.02. The van der Waals surface area contributed by atoms with Crippen LogP contribution in [0.2, 0.25) is 0 Å². The topological polar surface area (TPSA) is 57.7 Å².